The molecular formula is C16H18N2O2S. The van der Waals surface area contributed by atoms with E-state index in [0.29, 0.717) is 5.69 Å². The molecule has 4 nitrogen and oxygen atoms in total. The molecule has 0 bridgehead atoms. The third-order valence-corrected chi connectivity index (χ3v) is 5.36. The number of nitrogen functional groups attached to an aromatic ring is 1. The zero-order valence-electron chi connectivity index (χ0n) is 11.6. The van der Waals surface area contributed by atoms with Crippen molar-refractivity contribution in [2.45, 2.75) is 30.2 Å². The summed E-state index contributed by atoms with van der Waals surface area (Å²) in [6, 6.07) is 14.5. The first-order chi connectivity index (χ1) is 10.0. The summed E-state index contributed by atoms with van der Waals surface area (Å²) >= 11 is 0. The van der Waals surface area contributed by atoms with Crippen LogP contribution in [0.4, 0.5) is 5.69 Å². The van der Waals surface area contributed by atoms with E-state index in [1.165, 1.54) is 17.2 Å². The quantitative estimate of drug-likeness (QED) is 0.853. The van der Waals surface area contributed by atoms with Gasteiger partial charge in [0.25, 0.3) is 0 Å². The zero-order chi connectivity index (χ0) is 14.9. The van der Waals surface area contributed by atoms with Crippen molar-refractivity contribution >= 4 is 15.7 Å². The van der Waals surface area contributed by atoms with Crippen molar-refractivity contribution in [3.05, 3.63) is 59.7 Å². The Balaban J connectivity index is 1.78. The number of anilines is 1. The molecule has 21 heavy (non-hydrogen) atoms. The summed E-state index contributed by atoms with van der Waals surface area (Å²) in [7, 11) is -3.51. The Morgan fingerprint density at radius 1 is 1.05 bits per heavy atom. The first kappa shape index (κ1) is 14.1. The van der Waals surface area contributed by atoms with Crippen LogP contribution in [0.5, 0.6) is 0 Å². The van der Waals surface area contributed by atoms with Gasteiger partial charge in [-0.1, -0.05) is 30.3 Å². The molecule has 1 aliphatic rings. The minimum atomic E-state index is -3.51. The van der Waals surface area contributed by atoms with Crippen molar-refractivity contribution in [3.63, 3.8) is 0 Å². The van der Waals surface area contributed by atoms with Crippen LogP contribution < -0.4 is 10.5 Å². The van der Waals surface area contributed by atoms with Gasteiger partial charge in [-0.3, -0.25) is 0 Å². The van der Waals surface area contributed by atoms with Crippen molar-refractivity contribution < 1.29 is 8.42 Å². The average molecular weight is 302 g/mol. The molecule has 1 aliphatic carbocycles. The topological polar surface area (TPSA) is 72.2 Å². The van der Waals surface area contributed by atoms with Crippen molar-refractivity contribution in [1.29, 1.82) is 0 Å². The van der Waals surface area contributed by atoms with E-state index in [0.717, 1.165) is 19.3 Å². The van der Waals surface area contributed by atoms with Crippen LogP contribution in [0.2, 0.25) is 0 Å². The molecule has 3 rings (SSSR count). The molecule has 0 saturated heterocycles. The molecule has 110 valence electrons. The first-order valence-electron chi connectivity index (χ1n) is 6.99. The fourth-order valence-corrected chi connectivity index (χ4v) is 4.09. The van der Waals surface area contributed by atoms with Gasteiger partial charge in [-0.25, -0.2) is 13.1 Å². The predicted molar refractivity (Wildman–Crippen MR) is 83.4 cm³/mol. The molecule has 3 N–H and O–H groups in total. The van der Waals surface area contributed by atoms with Gasteiger partial charge in [0.05, 0.1) is 4.90 Å². The van der Waals surface area contributed by atoms with Crippen LogP contribution in [0.1, 0.15) is 17.5 Å². The highest BCUT2D eigenvalue weighted by Crippen LogP contribution is 2.22. The van der Waals surface area contributed by atoms with Gasteiger partial charge in [0.2, 0.25) is 10.0 Å². The smallest absolute Gasteiger partial charge is 0.240 e. The Morgan fingerprint density at radius 2 is 1.81 bits per heavy atom. The number of fused-ring (bicyclic) bond motifs is 1. The van der Waals surface area contributed by atoms with Crippen molar-refractivity contribution in [1.82, 2.24) is 4.72 Å². The molecule has 0 heterocycles. The summed E-state index contributed by atoms with van der Waals surface area (Å²) < 4.78 is 27.6. The SMILES string of the molecule is Nc1cccc(S(=O)(=O)NC2CCc3ccccc3C2)c1. The largest absolute Gasteiger partial charge is 0.399 e. The van der Waals surface area contributed by atoms with Gasteiger partial charge in [0.15, 0.2) is 0 Å². The maximum absolute atomic E-state index is 12.4. The Bertz CT molecular complexity index is 756. The van der Waals surface area contributed by atoms with E-state index >= 15 is 0 Å². The van der Waals surface area contributed by atoms with Gasteiger partial charge < -0.3 is 5.73 Å². The Hall–Kier alpha value is -1.85. The van der Waals surface area contributed by atoms with Crippen molar-refractivity contribution in [2.24, 2.45) is 0 Å². The molecule has 0 spiro atoms. The monoisotopic (exact) mass is 302 g/mol. The molecule has 0 aromatic heterocycles. The van der Waals surface area contributed by atoms with E-state index in [4.69, 9.17) is 5.73 Å². The number of aryl methyl sites for hydroxylation is 1. The third-order valence-electron chi connectivity index (χ3n) is 3.84. The maximum atomic E-state index is 12.4. The third kappa shape index (κ3) is 3.09. The van der Waals surface area contributed by atoms with Crippen LogP contribution in [-0.2, 0) is 22.9 Å². The average Bonchev–Trinajstić information content (AvgIpc) is 2.47. The lowest BCUT2D eigenvalue weighted by Crippen LogP contribution is -2.38. The fourth-order valence-electron chi connectivity index (χ4n) is 2.77. The summed E-state index contributed by atoms with van der Waals surface area (Å²) in [5.41, 5.74) is 8.65. The lowest BCUT2D eigenvalue weighted by molar-refractivity contribution is 0.507. The Kier molecular flexibility index (Phi) is 3.69. The Labute approximate surface area is 125 Å². The highest BCUT2D eigenvalue weighted by atomic mass is 32.2. The highest BCUT2D eigenvalue weighted by molar-refractivity contribution is 7.89. The number of nitrogens with two attached hydrogens (primary N) is 1. The summed E-state index contributed by atoms with van der Waals surface area (Å²) in [6.07, 6.45) is 2.45. The second kappa shape index (κ2) is 5.50. The van der Waals surface area contributed by atoms with Crippen LogP contribution >= 0.6 is 0 Å². The van der Waals surface area contributed by atoms with E-state index in [2.05, 4.69) is 16.9 Å². The number of benzene rings is 2. The highest BCUT2D eigenvalue weighted by Gasteiger charge is 2.24. The number of nitrogens with one attached hydrogen (secondary N) is 1. The standard InChI is InChI=1S/C16H18N2O2S/c17-14-6-3-7-16(11-14)21(19,20)18-15-9-8-12-4-1-2-5-13(12)10-15/h1-7,11,15,18H,8-10,17H2. The fraction of sp³-hybridized carbons (Fsp3) is 0.250. The van der Waals surface area contributed by atoms with Crippen LogP contribution in [0, 0.1) is 0 Å². The molecule has 1 atom stereocenters. The lowest BCUT2D eigenvalue weighted by Gasteiger charge is -2.25. The predicted octanol–water partition coefficient (Wildman–Crippen LogP) is 2.10. The number of rotatable bonds is 3. The van der Waals surface area contributed by atoms with Gasteiger partial charge in [0.1, 0.15) is 0 Å². The van der Waals surface area contributed by atoms with Gasteiger partial charge in [-0.15, -0.1) is 0 Å². The Morgan fingerprint density at radius 3 is 2.57 bits per heavy atom. The molecular weight excluding hydrogens is 284 g/mol. The molecule has 0 amide bonds. The normalized spacial score (nSPS) is 18.2. The van der Waals surface area contributed by atoms with E-state index < -0.39 is 10.0 Å². The lowest BCUT2D eigenvalue weighted by atomic mass is 9.89. The van der Waals surface area contributed by atoms with Crippen molar-refractivity contribution in [3.8, 4) is 0 Å². The molecule has 0 saturated carbocycles. The number of hydrogen-bond acceptors (Lipinski definition) is 3. The summed E-state index contributed by atoms with van der Waals surface area (Å²) in [6.45, 7) is 0. The second-order valence-corrected chi connectivity index (χ2v) is 7.12. The number of hydrogen-bond donors (Lipinski definition) is 2. The van der Waals surface area contributed by atoms with Crippen LogP contribution in [0.3, 0.4) is 0 Å². The summed E-state index contributed by atoms with van der Waals surface area (Å²) in [4.78, 5) is 0.223. The molecule has 1 unspecified atom stereocenters. The molecule has 5 heteroatoms. The summed E-state index contributed by atoms with van der Waals surface area (Å²) in [5.74, 6) is 0. The molecule has 0 fully saturated rings. The van der Waals surface area contributed by atoms with Gasteiger partial charge in [-0.2, -0.15) is 0 Å². The zero-order valence-corrected chi connectivity index (χ0v) is 12.4. The van der Waals surface area contributed by atoms with E-state index in [1.807, 2.05) is 12.1 Å². The molecule has 2 aromatic carbocycles. The summed E-state index contributed by atoms with van der Waals surface area (Å²) in [5, 5.41) is 0. The van der Waals surface area contributed by atoms with E-state index in [1.54, 1.807) is 18.2 Å². The molecule has 2 aromatic rings. The van der Waals surface area contributed by atoms with Crippen LogP contribution in [0.15, 0.2) is 53.4 Å². The van der Waals surface area contributed by atoms with Crippen molar-refractivity contribution in [2.75, 3.05) is 5.73 Å². The first-order valence-corrected chi connectivity index (χ1v) is 8.47. The van der Waals surface area contributed by atoms with Crippen LogP contribution in [-0.4, -0.2) is 14.5 Å². The van der Waals surface area contributed by atoms with Gasteiger partial charge >= 0.3 is 0 Å². The minimum Gasteiger partial charge on any atom is -0.399 e. The van der Waals surface area contributed by atoms with Gasteiger partial charge in [0, 0.05) is 11.7 Å². The number of sulfonamides is 1. The van der Waals surface area contributed by atoms with E-state index in [-0.39, 0.29) is 10.9 Å². The second-order valence-electron chi connectivity index (χ2n) is 5.40. The molecule has 0 radical (unpaired) electrons. The van der Waals surface area contributed by atoms with Gasteiger partial charge in [-0.05, 0) is 48.6 Å². The van der Waals surface area contributed by atoms with Crippen LogP contribution in [0.25, 0.3) is 0 Å². The maximum Gasteiger partial charge on any atom is 0.240 e. The minimum absolute atomic E-state index is 0.0636. The molecule has 0 aliphatic heterocycles. The van der Waals surface area contributed by atoms with E-state index in [9.17, 15) is 8.42 Å².